The third kappa shape index (κ3) is 33.1. The van der Waals surface area contributed by atoms with Crippen LogP contribution in [0.15, 0.2) is 48.5 Å². The van der Waals surface area contributed by atoms with E-state index in [9.17, 15) is 0 Å². The van der Waals surface area contributed by atoms with Crippen LogP contribution in [-0.4, -0.2) is 161 Å². The number of methoxy groups -OCH3 is 10. The van der Waals surface area contributed by atoms with E-state index in [-0.39, 0.29) is 44.8 Å². The maximum atomic E-state index is 6.05. The van der Waals surface area contributed by atoms with E-state index in [0.29, 0.717) is 88.3 Å². The molecule has 0 aliphatic carbocycles. The lowest BCUT2D eigenvalue weighted by Gasteiger charge is -2.25. The highest BCUT2D eigenvalue weighted by atomic mass is 16.7. The molecule has 13 unspecified atom stereocenters. The first-order valence-electron chi connectivity index (χ1n) is 34.2. The fourth-order valence-electron chi connectivity index (χ4n) is 8.66. The first-order valence-corrected chi connectivity index (χ1v) is 34.2. The topological polar surface area (TPSA) is 222 Å². The second-order valence-corrected chi connectivity index (χ2v) is 23.0. The monoisotopic (exact) mass is 1410 g/mol. The second-order valence-electron chi connectivity index (χ2n) is 23.0. The van der Waals surface area contributed by atoms with Crippen molar-refractivity contribution in [1.29, 1.82) is 0 Å². The maximum absolute atomic E-state index is 6.05. The van der Waals surface area contributed by atoms with E-state index in [1.165, 1.54) is 0 Å². The predicted molar refractivity (Wildman–Crippen MR) is 381 cm³/mol. The molecule has 0 aromatic heterocycles. The summed E-state index contributed by atoms with van der Waals surface area (Å²) in [6.07, 6.45) is 0.181. The van der Waals surface area contributed by atoms with Gasteiger partial charge < -0.3 is 114 Å². The summed E-state index contributed by atoms with van der Waals surface area (Å²) in [4.78, 5) is 0. The van der Waals surface area contributed by atoms with Crippen molar-refractivity contribution in [2.75, 3.05) is 105 Å². The molecule has 0 radical (unpaired) electrons. The van der Waals surface area contributed by atoms with Crippen LogP contribution in [0.4, 0.5) is 0 Å². The van der Waals surface area contributed by atoms with Gasteiger partial charge in [0.05, 0.1) is 0 Å². The van der Waals surface area contributed by atoms with E-state index in [4.69, 9.17) is 114 Å². The Bertz CT molecular complexity index is 2720. The zero-order valence-electron chi connectivity index (χ0n) is 65.3. The average Bonchev–Trinajstić information content (AvgIpc) is 0.843. The van der Waals surface area contributed by atoms with Gasteiger partial charge in [-0.2, -0.15) is 0 Å². The highest BCUT2D eigenvalue weighted by Crippen LogP contribution is 2.45. The summed E-state index contributed by atoms with van der Waals surface area (Å²) in [5.41, 5.74) is 4.20. The van der Waals surface area contributed by atoms with Gasteiger partial charge >= 0.3 is 0 Å². The Labute approximate surface area is 593 Å². The van der Waals surface area contributed by atoms with Gasteiger partial charge in [-0.25, -0.2) is 0 Å². The van der Waals surface area contributed by atoms with Gasteiger partial charge in [0.15, 0.2) is 123 Å². The van der Waals surface area contributed by atoms with Crippen LogP contribution >= 0.6 is 0 Å². The summed E-state index contributed by atoms with van der Waals surface area (Å²) in [6, 6.07) is 15.2. The van der Waals surface area contributed by atoms with Crippen LogP contribution in [0.3, 0.4) is 0 Å². The zero-order chi connectivity index (χ0) is 74.7. The van der Waals surface area contributed by atoms with Crippen LogP contribution in [0, 0.1) is 0 Å². The van der Waals surface area contributed by atoms with Crippen LogP contribution in [0.5, 0.6) is 69.0 Å². The Kier molecular flexibility index (Phi) is 47.1. The SMILES string of the molecule is CCC(C)c1cc(OC(C)OC)c(OC(C)OC)c(OC(C)OC)c1.CCC(C)c1cc(OC(C)OC)c(OC(C)OC)cc1OC(C)OC.CCC(C)c1cc(OCOC)c(OCOC)cc1OCOC.CCOC(C)Oc1cc(OC(C)OCC)c(C(C)CC)cc1OC(C)OC. The molecule has 24 heteroatoms. The van der Waals surface area contributed by atoms with Crippen LogP contribution in [0.2, 0.25) is 0 Å². The van der Waals surface area contributed by atoms with Crippen molar-refractivity contribution in [2.45, 2.75) is 238 Å². The Morgan fingerprint density at radius 2 is 0.485 bits per heavy atom. The van der Waals surface area contributed by atoms with Gasteiger partial charge in [-0.1, -0.05) is 55.4 Å². The summed E-state index contributed by atoms with van der Waals surface area (Å²) in [7, 11) is 15.9. The van der Waals surface area contributed by atoms with Crippen LogP contribution in [0.1, 0.15) is 203 Å². The van der Waals surface area contributed by atoms with E-state index in [1.807, 2.05) is 112 Å². The molecular weight excluding hydrogens is 1280 g/mol. The minimum atomic E-state index is -0.463. The fraction of sp³-hybridized carbons (Fsp3) is 0.680. The molecule has 0 N–H and O–H groups in total. The smallest absolute Gasteiger partial charge is 0.206 e. The minimum Gasteiger partial charge on any atom is -0.467 e. The summed E-state index contributed by atoms with van der Waals surface area (Å²) in [6.45, 7) is 39.0. The Morgan fingerprint density at radius 1 is 0.242 bits per heavy atom. The third-order valence-electron chi connectivity index (χ3n) is 15.6. The first-order chi connectivity index (χ1) is 47.2. The molecule has 0 spiro atoms. The van der Waals surface area contributed by atoms with E-state index >= 15 is 0 Å². The van der Waals surface area contributed by atoms with Gasteiger partial charge in [0, 0.05) is 119 Å². The minimum absolute atomic E-state index is 0.121. The number of hydrogen-bond donors (Lipinski definition) is 0. The van der Waals surface area contributed by atoms with Crippen molar-refractivity contribution in [3.8, 4) is 69.0 Å². The lowest BCUT2D eigenvalue weighted by molar-refractivity contribution is -0.0717. The highest BCUT2D eigenvalue weighted by molar-refractivity contribution is 5.56. The number of rotatable bonds is 46. The quantitative estimate of drug-likeness (QED) is 0.0375. The van der Waals surface area contributed by atoms with Crippen molar-refractivity contribution in [1.82, 2.24) is 0 Å². The summed E-state index contributed by atoms with van der Waals surface area (Å²) >= 11 is 0. The molecule has 0 heterocycles. The van der Waals surface area contributed by atoms with Crippen LogP contribution in [0.25, 0.3) is 0 Å². The van der Waals surface area contributed by atoms with Crippen molar-refractivity contribution < 1.29 is 114 Å². The number of hydrogen-bond acceptors (Lipinski definition) is 24. The Balaban J connectivity index is 0.000000662. The second kappa shape index (κ2) is 51.2. The van der Waals surface area contributed by atoms with Crippen LogP contribution in [-0.2, 0) is 56.8 Å². The molecule has 570 valence electrons. The maximum Gasteiger partial charge on any atom is 0.206 e. The van der Waals surface area contributed by atoms with Crippen LogP contribution < -0.4 is 56.8 Å². The summed E-state index contributed by atoms with van der Waals surface area (Å²) in [5, 5.41) is 0. The third-order valence-corrected chi connectivity index (χ3v) is 15.6. The average molecular weight is 1410 g/mol. The van der Waals surface area contributed by atoms with Crippen molar-refractivity contribution in [3.63, 3.8) is 0 Å². The highest BCUT2D eigenvalue weighted by Gasteiger charge is 2.26. The van der Waals surface area contributed by atoms with E-state index in [1.54, 1.807) is 84.1 Å². The molecule has 0 amide bonds. The summed E-state index contributed by atoms with van der Waals surface area (Å²) < 4.78 is 133. The van der Waals surface area contributed by atoms with Gasteiger partial charge in [-0.3, -0.25) is 0 Å². The van der Waals surface area contributed by atoms with Gasteiger partial charge in [-0.05, 0) is 161 Å². The molecule has 0 saturated heterocycles. The molecule has 0 bridgehead atoms. The first kappa shape index (κ1) is 91.0. The molecule has 4 aromatic rings. The van der Waals surface area contributed by atoms with Gasteiger partial charge in [0.1, 0.15) is 17.2 Å². The lowest BCUT2D eigenvalue weighted by atomic mass is 9.97. The Morgan fingerprint density at radius 3 is 0.798 bits per heavy atom. The molecule has 0 aliphatic heterocycles. The van der Waals surface area contributed by atoms with Crippen molar-refractivity contribution >= 4 is 0 Å². The molecule has 0 aliphatic rings. The normalized spacial score (nSPS) is 15.0. The molecular formula is C75H126O24. The molecule has 24 nitrogen and oxygen atoms in total. The lowest BCUT2D eigenvalue weighted by Crippen LogP contribution is -2.20. The van der Waals surface area contributed by atoms with E-state index < -0.39 is 44.0 Å². The van der Waals surface area contributed by atoms with Gasteiger partial charge in [-0.15, -0.1) is 0 Å². The van der Waals surface area contributed by atoms with E-state index in [2.05, 4.69) is 55.4 Å². The van der Waals surface area contributed by atoms with Gasteiger partial charge in [0.2, 0.25) is 5.75 Å². The molecule has 13 atom stereocenters. The van der Waals surface area contributed by atoms with Gasteiger partial charge in [0.25, 0.3) is 0 Å². The molecule has 99 heavy (non-hydrogen) atoms. The number of ether oxygens (including phenoxy) is 24. The predicted octanol–water partition coefficient (Wildman–Crippen LogP) is 16.9. The largest absolute Gasteiger partial charge is 0.467 e. The van der Waals surface area contributed by atoms with Crippen molar-refractivity contribution in [2.24, 2.45) is 0 Å². The van der Waals surface area contributed by atoms with Crippen molar-refractivity contribution in [3.05, 3.63) is 70.8 Å². The fourth-order valence-corrected chi connectivity index (χ4v) is 8.66. The standard InChI is InChI=1S/C21H36O6.2C19H32O6.C16H26O6/c1-9-14(4)18-12-20(25-15(5)22-8)21(27-17(7)24-11-3)13-19(18)26-16(6)23-10-2;1-9-12(2)16-10-18(24-14(4)21-7)19(25-15(5)22-8)11-17(16)23-13(3)20-6;1-9-12(2)16-10-17(23-13(3)20-6)19(25-15(5)22-8)18(11-16)24-14(4)21-7;1-6-12(2)13-7-15(21-10-18-4)16(22-11-19-5)8-14(13)20-9-17-3/h12-17H,9-11H2,1-8H3;2*10-15H,9H2,1-8H3;7-8,12H,6,9-11H2,1-5H3. The zero-order valence-corrected chi connectivity index (χ0v) is 65.3. The molecule has 0 fully saturated rings. The molecule has 4 aromatic carbocycles. The summed E-state index contributed by atoms with van der Waals surface area (Å²) in [5.74, 6) is 8.34. The molecule has 4 rings (SSSR count). The van der Waals surface area contributed by atoms with E-state index in [0.717, 1.165) is 53.7 Å². The number of benzene rings is 4. The molecule has 0 saturated carbocycles. The Hall–Kier alpha value is -6.00.